The molecule has 0 saturated heterocycles. The van der Waals surface area contributed by atoms with Crippen molar-refractivity contribution in [1.29, 1.82) is 0 Å². The number of nitrogens with zero attached hydrogens (tertiary/aromatic N) is 2. The third-order valence-electron chi connectivity index (χ3n) is 4.72. The van der Waals surface area contributed by atoms with Gasteiger partial charge in [0, 0.05) is 6.20 Å². The molecule has 0 aliphatic carbocycles. The van der Waals surface area contributed by atoms with Crippen LogP contribution < -0.4 is 0 Å². The molecule has 1 heterocycles. The lowest BCUT2D eigenvalue weighted by molar-refractivity contribution is 0.0360. The molecule has 0 bridgehead atoms. The summed E-state index contributed by atoms with van der Waals surface area (Å²) in [4.78, 5) is 53.8. The molecule has 1 amide bonds. The van der Waals surface area contributed by atoms with E-state index < -0.39 is 23.8 Å². The van der Waals surface area contributed by atoms with Gasteiger partial charge in [-0.2, -0.15) is 0 Å². The molecule has 1 aromatic heterocycles. The second-order valence-electron chi connectivity index (χ2n) is 7.03. The summed E-state index contributed by atoms with van der Waals surface area (Å²) in [6.07, 6.45) is 1.22. The molecule has 34 heavy (non-hydrogen) atoms. The van der Waals surface area contributed by atoms with Crippen LogP contribution in [0.15, 0.2) is 79.0 Å². The Hall–Kier alpha value is -4.53. The van der Waals surface area contributed by atoms with Crippen LogP contribution in [0.25, 0.3) is 0 Å². The van der Waals surface area contributed by atoms with Crippen LogP contribution in [0.1, 0.15) is 41.6 Å². The van der Waals surface area contributed by atoms with Crippen LogP contribution in [0.5, 0.6) is 0 Å². The van der Waals surface area contributed by atoms with E-state index in [4.69, 9.17) is 9.47 Å². The Labute approximate surface area is 195 Å². The van der Waals surface area contributed by atoms with Gasteiger partial charge in [-0.25, -0.2) is 14.4 Å². The quantitative estimate of drug-likeness (QED) is 0.456. The average molecular weight is 462 g/mol. The number of aromatic nitrogens is 1. The molecule has 0 unspecified atom stereocenters. The maximum Gasteiger partial charge on any atom is 0.338 e. The monoisotopic (exact) mass is 462 g/mol. The van der Waals surface area contributed by atoms with Gasteiger partial charge in [0.05, 0.1) is 29.8 Å². The van der Waals surface area contributed by atoms with E-state index in [-0.39, 0.29) is 37.6 Å². The molecule has 0 aliphatic heterocycles. The van der Waals surface area contributed by atoms with Crippen molar-refractivity contribution in [2.75, 3.05) is 26.3 Å². The van der Waals surface area contributed by atoms with Crippen molar-refractivity contribution < 1.29 is 33.8 Å². The van der Waals surface area contributed by atoms with Crippen LogP contribution in [0.4, 0.5) is 0 Å². The molecule has 9 nitrogen and oxygen atoms in total. The fraction of sp³-hybridized carbons (Fsp3) is 0.160. The molecule has 174 valence electrons. The fourth-order valence-electron chi connectivity index (χ4n) is 2.97. The standard InChI is InChI=1S/C25H22N2O7/c28-22(21-17-20(23(29)30)11-12-26-21)27(13-15-33-24(31)18-7-3-1-4-8-18)14-16-34-25(32)19-9-5-2-6-10-19/h1-12,17H,13-16H2,(H,29,30). The molecule has 0 saturated carbocycles. The number of pyridine rings is 1. The summed E-state index contributed by atoms with van der Waals surface area (Å²) < 4.78 is 10.5. The minimum Gasteiger partial charge on any atom is -0.478 e. The predicted molar refractivity (Wildman–Crippen MR) is 121 cm³/mol. The van der Waals surface area contributed by atoms with Crippen LogP contribution in [0.2, 0.25) is 0 Å². The summed E-state index contributed by atoms with van der Waals surface area (Å²) in [7, 11) is 0. The van der Waals surface area contributed by atoms with Crippen LogP contribution in [-0.4, -0.2) is 65.1 Å². The van der Waals surface area contributed by atoms with Crippen molar-refractivity contribution in [3.05, 3.63) is 101 Å². The molecule has 0 radical (unpaired) electrons. The number of rotatable bonds is 10. The molecular formula is C25H22N2O7. The number of esters is 2. The molecule has 0 fully saturated rings. The Morgan fingerprint density at radius 2 is 1.24 bits per heavy atom. The molecule has 0 atom stereocenters. The van der Waals surface area contributed by atoms with E-state index in [0.717, 1.165) is 6.07 Å². The smallest absolute Gasteiger partial charge is 0.338 e. The van der Waals surface area contributed by atoms with Crippen LogP contribution in [0.3, 0.4) is 0 Å². The normalized spacial score (nSPS) is 10.2. The minimum absolute atomic E-state index is 0.0146. The molecule has 2 aromatic carbocycles. The second-order valence-corrected chi connectivity index (χ2v) is 7.03. The second kappa shape index (κ2) is 11.9. The van der Waals surface area contributed by atoms with E-state index in [1.54, 1.807) is 60.7 Å². The lowest BCUT2D eigenvalue weighted by atomic mass is 10.2. The summed E-state index contributed by atoms with van der Waals surface area (Å²) in [5, 5.41) is 9.18. The summed E-state index contributed by atoms with van der Waals surface area (Å²) >= 11 is 0. The molecular weight excluding hydrogens is 440 g/mol. The van der Waals surface area contributed by atoms with Gasteiger partial charge in [-0.1, -0.05) is 36.4 Å². The van der Waals surface area contributed by atoms with Gasteiger partial charge < -0.3 is 19.5 Å². The van der Waals surface area contributed by atoms with Gasteiger partial charge in [0.25, 0.3) is 5.91 Å². The Morgan fingerprint density at radius 1 is 0.735 bits per heavy atom. The Kier molecular flexibility index (Phi) is 8.45. The molecule has 1 N–H and O–H groups in total. The Morgan fingerprint density at radius 3 is 1.71 bits per heavy atom. The van der Waals surface area contributed by atoms with Gasteiger partial charge in [-0.15, -0.1) is 0 Å². The van der Waals surface area contributed by atoms with E-state index in [1.165, 1.54) is 17.2 Å². The van der Waals surface area contributed by atoms with Gasteiger partial charge in [0.2, 0.25) is 0 Å². The van der Waals surface area contributed by atoms with Gasteiger partial charge in [-0.3, -0.25) is 9.78 Å². The highest BCUT2D eigenvalue weighted by Gasteiger charge is 2.20. The van der Waals surface area contributed by atoms with Gasteiger partial charge in [-0.05, 0) is 36.4 Å². The highest BCUT2D eigenvalue weighted by molar-refractivity contribution is 5.96. The van der Waals surface area contributed by atoms with E-state index in [9.17, 15) is 24.3 Å². The molecule has 3 aromatic rings. The topological polar surface area (TPSA) is 123 Å². The number of hydrogen-bond acceptors (Lipinski definition) is 7. The molecule has 3 rings (SSSR count). The summed E-state index contributed by atoms with van der Waals surface area (Å²) in [6, 6.07) is 19.2. The first-order valence-electron chi connectivity index (χ1n) is 10.4. The average Bonchev–Trinajstić information content (AvgIpc) is 2.88. The van der Waals surface area contributed by atoms with Gasteiger partial charge in [0.15, 0.2) is 0 Å². The first kappa shape index (κ1) is 24.1. The van der Waals surface area contributed by atoms with Crippen LogP contribution in [-0.2, 0) is 9.47 Å². The van der Waals surface area contributed by atoms with Crippen molar-refractivity contribution >= 4 is 23.8 Å². The maximum atomic E-state index is 13.0. The van der Waals surface area contributed by atoms with Crippen molar-refractivity contribution in [1.82, 2.24) is 9.88 Å². The SMILES string of the molecule is O=C(O)c1ccnc(C(=O)N(CCOC(=O)c2ccccc2)CCOC(=O)c2ccccc2)c1. The van der Waals surface area contributed by atoms with E-state index in [0.29, 0.717) is 11.1 Å². The van der Waals surface area contributed by atoms with E-state index >= 15 is 0 Å². The number of hydrogen-bond donors (Lipinski definition) is 1. The highest BCUT2D eigenvalue weighted by atomic mass is 16.5. The lowest BCUT2D eigenvalue weighted by Crippen LogP contribution is -2.38. The number of carboxylic acid groups (broad SMARTS) is 1. The number of carbonyl (C=O) groups is 4. The van der Waals surface area contributed by atoms with E-state index in [2.05, 4.69) is 4.98 Å². The Balaban J connectivity index is 1.65. The predicted octanol–water partition coefficient (Wildman–Crippen LogP) is 2.94. The zero-order valence-electron chi connectivity index (χ0n) is 18.1. The van der Waals surface area contributed by atoms with Gasteiger partial charge in [0.1, 0.15) is 18.9 Å². The summed E-state index contributed by atoms with van der Waals surface area (Å²) in [5.41, 5.74) is 0.550. The maximum absolute atomic E-state index is 13.0. The van der Waals surface area contributed by atoms with Crippen LogP contribution >= 0.6 is 0 Å². The molecule has 0 spiro atoms. The number of ether oxygens (including phenoxy) is 2. The zero-order chi connectivity index (χ0) is 24.3. The lowest BCUT2D eigenvalue weighted by Gasteiger charge is -2.22. The first-order valence-corrected chi connectivity index (χ1v) is 10.4. The number of carboxylic acids is 1. The molecule has 9 heteroatoms. The Bertz CT molecular complexity index is 1090. The van der Waals surface area contributed by atoms with Crippen molar-refractivity contribution in [3.8, 4) is 0 Å². The third kappa shape index (κ3) is 6.73. The number of amides is 1. The summed E-state index contributed by atoms with van der Waals surface area (Å²) in [6.45, 7) is -0.270. The van der Waals surface area contributed by atoms with Crippen molar-refractivity contribution in [3.63, 3.8) is 0 Å². The summed E-state index contributed by atoms with van der Waals surface area (Å²) in [5.74, 6) is -2.88. The fourth-order valence-corrected chi connectivity index (χ4v) is 2.97. The number of carbonyl (C=O) groups excluding carboxylic acids is 3. The van der Waals surface area contributed by atoms with Crippen LogP contribution in [0, 0.1) is 0 Å². The van der Waals surface area contributed by atoms with E-state index in [1.807, 2.05) is 0 Å². The first-order chi connectivity index (χ1) is 16.5. The van der Waals surface area contributed by atoms with Crippen molar-refractivity contribution in [2.24, 2.45) is 0 Å². The largest absolute Gasteiger partial charge is 0.478 e. The number of aromatic carboxylic acids is 1. The highest BCUT2D eigenvalue weighted by Crippen LogP contribution is 2.08. The van der Waals surface area contributed by atoms with Gasteiger partial charge >= 0.3 is 17.9 Å². The minimum atomic E-state index is -1.20. The zero-order valence-corrected chi connectivity index (χ0v) is 18.1. The third-order valence-corrected chi connectivity index (χ3v) is 4.72. The van der Waals surface area contributed by atoms with Crippen molar-refractivity contribution in [2.45, 2.75) is 0 Å². The number of benzene rings is 2. The molecule has 0 aliphatic rings.